The van der Waals surface area contributed by atoms with Crippen LogP contribution in [0.5, 0.6) is 5.75 Å². The third-order valence-electron chi connectivity index (χ3n) is 3.18. The van der Waals surface area contributed by atoms with E-state index in [0.29, 0.717) is 16.4 Å². The number of benzene rings is 2. The van der Waals surface area contributed by atoms with Crippen LogP contribution < -0.4 is 10.1 Å². The van der Waals surface area contributed by atoms with E-state index in [1.165, 1.54) is 11.3 Å². The fourth-order valence-electron chi connectivity index (χ4n) is 1.94. The highest BCUT2D eigenvalue weighted by Gasteiger charge is 2.13. The highest BCUT2D eigenvalue weighted by atomic mass is 79.9. The number of methoxy groups -OCH3 is 1. The van der Waals surface area contributed by atoms with Crippen LogP contribution in [0.4, 0.5) is 5.69 Å². The zero-order valence-electron chi connectivity index (χ0n) is 13.2. The molecular weight excluding hydrogens is 422 g/mol. The first-order valence-electron chi connectivity index (χ1n) is 7.30. The lowest BCUT2D eigenvalue weighted by Crippen LogP contribution is -2.11. The van der Waals surface area contributed by atoms with Gasteiger partial charge in [-0.3, -0.25) is 4.79 Å². The number of hydrogen-bond donors (Lipinski definition) is 1. The van der Waals surface area contributed by atoms with Gasteiger partial charge in [0.05, 0.1) is 12.9 Å². The number of rotatable bonds is 6. The van der Waals surface area contributed by atoms with Gasteiger partial charge in [-0.1, -0.05) is 27.3 Å². The second-order valence-electron chi connectivity index (χ2n) is 4.93. The summed E-state index contributed by atoms with van der Waals surface area (Å²) in [6.07, 6.45) is 0. The van der Waals surface area contributed by atoms with Gasteiger partial charge in [-0.05, 0) is 48.5 Å². The van der Waals surface area contributed by atoms with E-state index in [1.807, 2.05) is 24.3 Å². The molecule has 25 heavy (non-hydrogen) atoms. The quantitative estimate of drug-likeness (QED) is 0.560. The number of halogens is 1. The van der Waals surface area contributed by atoms with Crippen molar-refractivity contribution in [1.82, 2.24) is 10.2 Å². The molecule has 3 aromatic rings. The lowest BCUT2D eigenvalue weighted by atomic mass is 10.3. The summed E-state index contributed by atoms with van der Waals surface area (Å²) in [5.74, 6) is 1.15. The van der Waals surface area contributed by atoms with Gasteiger partial charge in [-0.25, -0.2) is 0 Å². The molecule has 2 aromatic carbocycles. The first-order chi connectivity index (χ1) is 12.1. The molecule has 1 aromatic heterocycles. The van der Waals surface area contributed by atoms with Gasteiger partial charge in [-0.15, -0.1) is 22.0 Å². The second-order valence-corrected chi connectivity index (χ2v) is 7.95. The molecule has 0 bridgehead atoms. The molecule has 0 fully saturated rings. The van der Waals surface area contributed by atoms with E-state index >= 15 is 0 Å². The summed E-state index contributed by atoms with van der Waals surface area (Å²) in [5.41, 5.74) is 0.687. The van der Waals surface area contributed by atoms with Crippen molar-refractivity contribution < 1.29 is 9.53 Å². The smallest absolute Gasteiger partial charge is 0.286 e. The number of ether oxygens (including phenoxy) is 1. The summed E-state index contributed by atoms with van der Waals surface area (Å²) >= 11 is 6.37. The van der Waals surface area contributed by atoms with E-state index in [-0.39, 0.29) is 5.91 Å². The van der Waals surface area contributed by atoms with Gasteiger partial charge in [0.15, 0.2) is 0 Å². The molecule has 0 aliphatic heterocycles. The number of hydrogen-bond acceptors (Lipinski definition) is 6. The maximum absolute atomic E-state index is 12.2. The van der Waals surface area contributed by atoms with Crippen molar-refractivity contribution >= 4 is 50.6 Å². The van der Waals surface area contributed by atoms with Crippen LogP contribution in [-0.2, 0) is 5.75 Å². The normalized spacial score (nSPS) is 10.5. The molecule has 0 saturated carbocycles. The highest BCUT2D eigenvalue weighted by molar-refractivity contribution is 9.10. The molecule has 8 heteroatoms. The molecule has 0 unspecified atom stereocenters. The van der Waals surface area contributed by atoms with E-state index in [1.54, 1.807) is 43.1 Å². The van der Waals surface area contributed by atoms with Crippen LogP contribution >= 0.6 is 39.0 Å². The van der Waals surface area contributed by atoms with Crippen LogP contribution in [-0.4, -0.2) is 23.2 Å². The lowest BCUT2D eigenvalue weighted by Gasteiger charge is -2.03. The summed E-state index contributed by atoms with van der Waals surface area (Å²) in [5, 5.41) is 12.0. The van der Waals surface area contributed by atoms with Crippen LogP contribution in [0.15, 0.2) is 57.9 Å². The minimum Gasteiger partial charge on any atom is -0.497 e. The Morgan fingerprint density at radius 1 is 1.16 bits per heavy atom. The largest absolute Gasteiger partial charge is 0.497 e. The van der Waals surface area contributed by atoms with Crippen molar-refractivity contribution in [3.63, 3.8) is 0 Å². The van der Waals surface area contributed by atoms with Crippen LogP contribution in [0.25, 0.3) is 0 Å². The van der Waals surface area contributed by atoms with Crippen molar-refractivity contribution in [1.29, 1.82) is 0 Å². The van der Waals surface area contributed by atoms with Crippen molar-refractivity contribution in [2.24, 2.45) is 0 Å². The standard InChI is InChI=1S/C17H14BrN3O2S2/c1-23-13-6-4-12(5-7-13)19-16(22)17-21-20-15(25-17)10-24-14-8-2-11(18)3-9-14/h2-9H,10H2,1H3,(H,19,22). The Balaban J connectivity index is 1.58. The molecule has 5 nitrogen and oxygen atoms in total. The number of aromatic nitrogens is 2. The van der Waals surface area contributed by atoms with Gasteiger partial charge in [0.25, 0.3) is 5.91 Å². The summed E-state index contributed by atoms with van der Waals surface area (Å²) in [6, 6.07) is 15.2. The van der Waals surface area contributed by atoms with Gasteiger partial charge < -0.3 is 10.1 Å². The van der Waals surface area contributed by atoms with E-state index in [9.17, 15) is 4.79 Å². The predicted molar refractivity (Wildman–Crippen MR) is 105 cm³/mol. The molecule has 0 aliphatic carbocycles. The predicted octanol–water partition coefficient (Wildman–Crippen LogP) is 4.85. The average Bonchev–Trinajstić information content (AvgIpc) is 3.11. The minimum atomic E-state index is -0.262. The van der Waals surface area contributed by atoms with Crippen molar-refractivity contribution in [2.45, 2.75) is 10.6 Å². The summed E-state index contributed by atoms with van der Waals surface area (Å²) in [6.45, 7) is 0. The fraction of sp³-hybridized carbons (Fsp3) is 0.118. The number of amides is 1. The van der Waals surface area contributed by atoms with Crippen LogP contribution in [0.1, 0.15) is 14.8 Å². The van der Waals surface area contributed by atoms with E-state index in [0.717, 1.165) is 20.1 Å². The third-order valence-corrected chi connectivity index (χ3v) is 5.84. The summed E-state index contributed by atoms with van der Waals surface area (Å²) < 4.78 is 6.14. The molecule has 3 rings (SSSR count). The van der Waals surface area contributed by atoms with Gasteiger partial charge in [0, 0.05) is 15.1 Å². The van der Waals surface area contributed by atoms with Crippen molar-refractivity contribution in [3.8, 4) is 5.75 Å². The Labute approximate surface area is 162 Å². The van der Waals surface area contributed by atoms with Crippen molar-refractivity contribution in [2.75, 3.05) is 12.4 Å². The molecule has 0 aliphatic rings. The first kappa shape index (κ1) is 17.9. The molecule has 0 spiro atoms. The second kappa shape index (κ2) is 8.46. The number of nitrogens with one attached hydrogen (secondary N) is 1. The Morgan fingerprint density at radius 2 is 1.88 bits per heavy atom. The number of nitrogens with zero attached hydrogens (tertiary/aromatic N) is 2. The Hall–Kier alpha value is -1.90. The zero-order valence-corrected chi connectivity index (χ0v) is 16.5. The molecule has 1 N–H and O–H groups in total. The van der Waals surface area contributed by atoms with Crippen molar-refractivity contribution in [3.05, 3.63) is 63.0 Å². The van der Waals surface area contributed by atoms with Gasteiger partial charge >= 0.3 is 0 Å². The molecule has 0 radical (unpaired) electrons. The monoisotopic (exact) mass is 435 g/mol. The summed E-state index contributed by atoms with van der Waals surface area (Å²) in [7, 11) is 1.60. The lowest BCUT2D eigenvalue weighted by molar-refractivity contribution is 0.102. The van der Waals surface area contributed by atoms with Crippen LogP contribution in [0, 0.1) is 0 Å². The van der Waals surface area contributed by atoms with E-state index in [2.05, 4.69) is 31.4 Å². The third kappa shape index (κ3) is 5.04. The SMILES string of the molecule is COc1ccc(NC(=O)c2nnc(CSc3ccc(Br)cc3)s2)cc1. The van der Waals surface area contributed by atoms with Gasteiger partial charge in [0.2, 0.25) is 5.01 Å². The minimum absolute atomic E-state index is 0.262. The van der Waals surface area contributed by atoms with Gasteiger partial charge in [-0.2, -0.15) is 0 Å². The van der Waals surface area contributed by atoms with E-state index in [4.69, 9.17) is 4.74 Å². The van der Waals surface area contributed by atoms with Crippen LogP contribution in [0.3, 0.4) is 0 Å². The molecule has 128 valence electrons. The molecule has 1 heterocycles. The Bertz CT molecular complexity index is 851. The molecule has 1 amide bonds. The number of anilines is 1. The fourth-order valence-corrected chi connectivity index (χ4v) is 3.82. The molecule has 0 saturated heterocycles. The number of thioether (sulfide) groups is 1. The summed E-state index contributed by atoms with van der Waals surface area (Å²) in [4.78, 5) is 13.4. The molecule has 0 atom stereocenters. The highest BCUT2D eigenvalue weighted by Crippen LogP contribution is 2.26. The molecular formula is C17H14BrN3O2S2. The van der Waals surface area contributed by atoms with E-state index < -0.39 is 0 Å². The zero-order chi connectivity index (χ0) is 17.6. The van der Waals surface area contributed by atoms with Gasteiger partial charge in [0.1, 0.15) is 10.8 Å². The number of carbonyl (C=O) groups is 1. The maximum Gasteiger partial charge on any atom is 0.286 e. The Morgan fingerprint density at radius 3 is 2.56 bits per heavy atom. The number of carbonyl (C=O) groups excluding carboxylic acids is 1. The first-order valence-corrected chi connectivity index (χ1v) is 9.90. The average molecular weight is 436 g/mol. The maximum atomic E-state index is 12.2. The topological polar surface area (TPSA) is 64.1 Å². The Kier molecular flexibility index (Phi) is 6.06. The van der Waals surface area contributed by atoms with Crippen LogP contribution in [0.2, 0.25) is 0 Å².